The Kier molecular flexibility index (Phi) is 5.06. The lowest BCUT2D eigenvalue weighted by atomic mass is 9.84. The van der Waals surface area contributed by atoms with Gasteiger partial charge in [-0.2, -0.15) is 0 Å². The molecule has 0 spiro atoms. The number of hydrogen-bond donors (Lipinski definition) is 1. The summed E-state index contributed by atoms with van der Waals surface area (Å²) >= 11 is 0. The number of hydrogen-bond acceptors (Lipinski definition) is 5. The average Bonchev–Trinajstić information content (AvgIpc) is 3.01. The first kappa shape index (κ1) is 19.3. The van der Waals surface area contributed by atoms with E-state index in [1.807, 2.05) is 34.0 Å². The summed E-state index contributed by atoms with van der Waals surface area (Å²) in [5.74, 6) is 0.733. The van der Waals surface area contributed by atoms with Crippen LogP contribution in [0.1, 0.15) is 40.4 Å². The molecule has 5 heterocycles. The molecule has 7 heteroatoms. The number of anilines is 1. The molecule has 3 aliphatic heterocycles. The number of rotatable bonds is 2. The van der Waals surface area contributed by atoms with E-state index in [1.165, 1.54) is 5.69 Å². The summed E-state index contributed by atoms with van der Waals surface area (Å²) in [6.45, 7) is 7.61. The number of pyridine rings is 2. The van der Waals surface area contributed by atoms with Crippen molar-refractivity contribution in [3.8, 4) is 0 Å². The van der Waals surface area contributed by atoms with E-state index in [2.05, 4.69) is 22.1 Å². The zero-order valence-corrected chi connectivity index (χ0v) is 17.5. The van der Waals surface area contributed by atoms with Crippen molar-refractivity contribution in [1.82, 2.24) is 19.8 Å². The summed E-state index contributed by atoms with van der Waals surface area (Å²) in [5, 5.41) is 3.47. The van der Waals surface area contributed by atoms with Gasteiger partial charge in [-0.25, -0.2) is 0 Å². The Morgan fingerprint density at radius 2 is 2.03 bits per heavy atom. The van der Waals surface area contributed by atoms with Gasteiger partial charge in [-0.05, 0) is 56.0 Å². The van der Waals surface area contributed by atoms with E-state index < -0.39 is 0 Å². The van der Waals surface area contributed by atoms with Crippen molar-refractivity contribution in [2.45, 2.75) is 32.2 Å². The highest BCUT2D eigenvalue weighted by Crippen LogP contribution is 2.31. The highest BCUT2D eigenvalue weighted by molar-refractivity contribution is 5.94. The number of fused-ring (bicyclic) bond motifs is 4. The molecular formula is C23H29N5O2. The van der Waals surface area contributed by atoms with Crippen LogP contribution in [0.4, 0.5) is 5.69 Å². The van der Waals surface area contributed by atoms with Crippen molar-refractivity contribution >= 4 is 11.6 Å². The highest BCUT2D eigenvalue weighted by atomic mass is 16.2. The smallest absolute Gasteiger partial charge is 0.263 e. The SMILES string of the molecule is Cc1cnccc1N1CCCN(C(=O)c2ccc3n(c2=O)C[C@@H]2CNC[C@H]3C2)CC1. The Hall–Kier alpha value is -2.67. The molecule has 2 aromatic rings. The van der Waals surface area contributed by atoms with E-state index >= 15 is 0 Å². The Bertz CT molecular complexity index is 1020. The van der Waals surface area contributed by atoms with Crippen molar-refractivity contribution in [3.05, 3.63) is 57.8 Å². The van der Waals surface area contributed by atoms with Crippen molar-refractivity contribution < 1.29 is 4.79 Å². The van der Waals surface area contributed by atoms with Crippen LogP contribution >= 0.6 is 0 Å². The predicted molar refractivity (Wildman–Crippen MR) is 116 cm³/mol. The van der Waals surface area contributed by atoms with Crippen LogP contribution < -0.4 is 15.8 Å². The van der Waals surface area contributed by atoms with E-state index in [4.69, 9.17) is 0 Å². The van der Waals surface area contributed by atoms with E-state index in [1.54, 1.807) is 6.07 Å². The number of nitrogens with one attached hydrogen (secondary N) is 1. The number of aryl methyl sites for hydroxylation is 1. The molecule has 3 aliphatic rings. The summed E-state index contributed by atoms with van der Waals surface area (Å²) in [5.41, 5.74) is 3.61. The van der Waals surface area contributed by atoms with E-state index in [-0.39, 0.29) is 11.5 Å². The molecule has 2 saturated heterocycles. The molecule has 2 aromatic heterocycles. The van der Waals surface area contributed by atoms with Crippen molar-refractivity contribution in [2.75, 3.05) is 44.2 Å². The van der Waals surface area contributed by atoms with Gasteiger partial charge in [0.15, 0.2) is 0 Å². The zero-order valence-electron chi connectivity index (χ0n) is 17.5. The highest BCUT2D eigenvalue weighted by Gasteiger charge is 2.32. The van der Waals surface area contributed by atoms with Crippen LogP contribution in [-0.2, 0) is 6.54 Å². The Morgan fingerprint density at radius 3 is 2.90 bits per heavy atom. The first-order valence-corrected chi connectivity index (χ1v) is 11.0. The third-order valence-electron chi connectivity index (χ3n) is 6.85. The van der Waals surface area contributed by atoms with Crippen LogP contribution in [0.3, 0.4) is 0 Å². The monoisotopic (exact) mass is 407 g/mol. The van der Waals surface area contributed by atoms with Gasteiger partial charge in [0.1, 0.15) is 5.56 Å². The molecule has 158 valence electrons. The van der Waals surface area contributed by atoms with Gasteiger partial charge >= 0.3 is 0 Å². The largest absolute Gasteiger partial charge is 0.369 e. The summed E-state index contributed by atoms with van der Waals surface area (Å²) < 4.78 is 1.87. The third kappa shape index (κ3) is 3.41. The van der Waals surface area contributed by atoms with E-state index in [0.717, 1.165) is 50.3 Å². The van der Waals surface area contributed by atoms with Crippen LogP contribution in [0, 0.1) is 12.8 Å². The number of amides is 1. The summed E-state index contributed by atoms with van der Waals surface area (Å²) in [6.07, 6.45) is 5.71. The van der Waals surface area contributed by atoms with Crippen molar-refractivity contribution in [3.63, 3.8) is 0 Å². The molecule has 0 radical (unpaired) electrons. The fourth-order valence-corrected chi connectivity index (χ4v) is 5.31. The molecule has 5 rings (SSSR count). The maximum atomic E-state index is 13.3. The van der Waals surface area contributed by atoms with Gasteiger partial charge in [0, 0.05) is 69.0 Å². The fourth-order valence-electron chi connectivity index (χ4n) is 5.31. The Morgan fingerprint density at radius 1 is 1.13 bits per heavy atom. The molecule has 2 fully saturated rings. The van der Waals surface area contributed by atoms with E-state index in [0.29, 0.717) is 37.0 Å². The van der Waals surface area contributed by atoms with Gasteiger partial charge in [0.05, 0.1) is 0 Å². The maximum absolute atomic E-state index is 13.3. The molecule has 30 heavy (non-hydrogen) atoms. The van der Waals surface area contributed by atoms with Gasteiger partial charge in [-0.3, -0.25) is 14.6 Å². The second-order valence-corrected chi connectivity index (χ2v) is 8.84. The number of nitrogens with zero attached hydrogens (tertiary/aromatic N) is 4. The number of carbonyl (C=O) groups is 1. The standard InChI is InChI=1S/C23H29N5O2/c1-16-12-24-6-5-20(16)26-7-2-8-27(10-9-26)22(29)19-3-4-21-18-11-17(13-25-14-18)15-28(21)23(19)30/h3-6,12,17-18,25H,2,7-11,13-15H2,1H3/t17-,18+/m0/s1. The minimum atomic E-state index is -0.127. The quantitative estimate of drug-likeness (QED) is 0.819. The summed E-state index contributed by atoms with van der Waals surface area (Å²) in [7, 11) is 0. The predicted octanol–water partition coefficient (Wildman–Crippen LogP) is 1.61. The van der Waals surface area contributed by atoms with Crippen molar-refractivity contribution in [1.29, 1.82) is 0 Å². The van der Waals surface area contributed by atoms with Crippen LogP contribution in [0.25, 0.3) is 0 Å². The minimum Gasteiger partial charge on any atom is -0.369 e. The number of carbonyl (C=O) groups excluding carboxylic acids is 1. The van der Waals surface area contributed by atoms with Crippen LogP contribution in [0.2, 0.25) is 0 Å². The first-order valence-electron chi connectivity index (χ1n) is 11.0. The van der Waals surface area contributed by atoms with Gasteiger partial charge in [-0.1, -0.05) is 0 Å². The molecule has 2 bridgehead atoms. The lowest BCUT2D eigenvalue weighted by Gasteiger charge is -2.37. The fraction of sp³-hybridized carbons (Fsp3) is 0.522. The van der Waals surface area contributed by atoms with Crippen molar-refractivity contribution in [2.24, 2.45) is 5.92 Å². The molecule has 0 saturated carbocycles. The Labute approximate surface area is 176 Å². The maximum Gasteiger partial charge on any atom is 0.263 e. The van der Waals surface area contributed by atoms with E-state index in [9.17, 15) is 9.59 Å². The second-order valence-electron chi connectivity index (χ2n) is 8.84. The molecular weight excluding hydrogens is 378 g/mol. The number of piperidine rings is 1. The normalized spacial score (nSPS) is 23.6. The molecule has 7 nitrogen and oxygen atoms in total. The van der Waals surface area contributed by atoms with Crippen LogP contribution in [0.15, 0.2) is 35.4 Å². The third-order valence-corrected chi connectivity index (χ3v) is 6.85. The van der Waals surface area contributed by atoms with Gasteiger partial charge in [0.25, 0.3) is 11.5 Å². The van der Waals surface area contributed by atoms with Crippen LogP contribution in [-0.4, -0.2) is 59.6 Å². The summed E-state index contributed by atoms with van der Waals surface area (Å²) in [4.78, 5) is 34.9. The lowest BCUT2D eigenvalue weighted by Crippen LogP contribution is -2.46. The first-order chi connectivity index (χ1) is 14.6. The van der Waals surface area contributed by atoms with Gasteiger partial charge in [0.2, 0.25) is 0 Å². The Balaban J connectivity index is 1.36. The zero-order chi connectivity index (χ0) is 20.7. The van der Waals surface area contributed by atoms with Gasteiger partial charge in [-0.15, -0.1) is 0 Å². The molecule has 0 aromatic carbocycles. The molecule has 1 N–H and O–H groups in total. The minimum absolute atomic E-state index is 0.111. The second kappa shape index (κ2) is 7.87. The van der Waals surface area contributed by atoms with Crippen LogP contribution in [0.5, 0.6) is 0 Å². The molecule has 1 amide bonds. The molecule has 0 unspecified atom stereocenters. The topological polar surface area (TPSA) is 70.5 Å². The lowest BCUT2D eigenvalue weighted by molar-refractivity contribution is 0.0763. The molecule has 0 aliphatic carbocycles. The number of aromatic nitrogens is 2. The average molecular weight is 408 g/mol. The summed E-state index contributed by atoms with van der Waals surface area (Å²) in [6, 6.07) is 5.81. The molecule has 2 atom stereocenters. The van der Waals surface area contributed by atoms with Gasteiger partial charge < -0.3 is 19.7 Å².